The highest BCUT2D eigenvalue weighted by Gasteiger charge is 2.23. The number of fused-ring (bicyclic) bond motifs is 4. The van der Waals surface area contributed by atoms with Crippen molar-refractivity contribution >= 4 is 28.1 Å². The fourth-order valence-corrected chi connectivity index (χ4v) is 5.33. The van der Waals surface area contributed by atoms with Gasteiger partial charge in [-0.2, -0.15) is 5.10 Å². The first kappa shape index (κ1) is 21.9. The summed E-state index contributed by atoms with van der Waals surface area (Å²) in [6.07, 6.45) is 8.00. The Labute approximate surface area is 212 Å². The Morgan fingerprint density at radius 2 is 1.97 bits per heavy atom. The monoisotopic (exact) mass is 496 g/mol. The van der Waals surface area contributed by atoms with Gasteiger partial charge in [-0.1, -0.05) is 0 Å². The van der Waals surface area contributed by atoms with Gasteiger partial charge in [0.2, 0.25) is 0 Å². The standard InChI is InChI=1S/C27H25FN8O/c1-15-20(13-32-27-22(37)2-4-30-26(15)27)19-8-16-10-23(31-12-17(16)9-21(19)28)33-24-11-18-3-6-35-7-5-29-25(35)14-36(18)34-24/h5,7-13,22,30,37H,2-4,6,14H2,1H3,(H,31,33,34)/t22-/m0/s1. The maximum atomic E-state index is 15.2. The first-order valence-electron chi connectivity index (χ1n) is 12.4. The molecule has 1 aromatic carbocycles. The van der Waals surface area contributed by atoms with Gasteiger partial charge in [0.15, 0.2) is 5.82 Å². The molecule has 2 aliphatic heterocycles. The number of rotatable bonds is 3. The molecule has 1 atom stereocenters. The van der Waals surface area contributed by atoms with Gasteiger partial charge in [-0.25, -0.2) is 14.4 Å². The highest BCUT2D eigenvalue weighted by molar-refractivity contribution is 5.90. The van der Waals surface area contributed by atoms with E-state index in [4.69, 9.17) is 5.10 Å². The van der Waals surface area contributed by atoms with Gasteiger partial charge in [0.05, 0.1) is 24.0 Å². The maximum absolute atomic E-state index is 15.2. The molecule has 3 N–H and O–H groups in total. The average molecular weight is 497 g/mol. The molecular weight excluding hydrogens is 471 g/mol. The van der Waals surface area contributed by atoms with Gasteiger partial charge in [-0.15, -0.1) is 0 Å². The molecule has 0 spiro atoms. The van der Waals surface area contributed by atoms with E-state index in [-0.39, 0.29) is 5.82 Å². The van der Waals surface area contributed by atoms with Gasteiger partial charge in [0.25, 0.3) is 0 Å². The van der Waals surface area contributed by atoms with E-state index in [9.17, 15) is 5.11 Å². The second-order valence-electron chi connectivity index (χ2n) is 9.63. The predicted molar refractivity (Wildman–Crippen MR) is 138 cm³/mol. The zero-order valence-corrected chi connectivity index (χ0v) is 20.2. The molecule has 0 saturated heterocycles. The van der Waals surface area contributed by atoms with E-state index in [2.05, 4.69) is 30.2 Å². The van der Waals surface area contributed by atoms with Crippen molar-refractivity contribution in [2.24, 2.45) is 0 Å². The summed E-state index contributed by atoms with van der Waals surface area (Å²) < 4.78 is 19.4. The number of imidazole rings is 1. The molecular formula is C27H25FN8O. The second kappa shape index (κ2) is 8.38. The van der Waals surface area contributed by atoms with E-state index in [0.717, 1.165) is 41.1 Å². The van der Waals surface area contributed by atoms with Crippen LogP contribution in [0.15, 0.2) is 49.1 Å². The lowest BCUT2D eigenvalue weighted by Crippen LogP contribution is -2.19. The van der Waals surface area contributed by atoms with Crippen LogP contribution in [0.5, 0.6) is 0 Å². The summed E-state index contributed by atoms with van der Waals surface area (Å²) in [6.45, 7) is 4.08. The lowest BCUT2D eigenvalue weighted by Gasteiger charge is -2.25. The number of hydrogen-bond acceptors (Lipinski definition) is 7. The molecule has 0 fully saturated rings. The van der Waals surface area contributed by atoms with Crippen molar-refractivity contribution < 1.29 is 9.50 Å². The molecule has 6 heterocycles. The van der Waals surface area contributed by atoms with Crippen molar-refractivity contribution in [1.29, 1.82) is 0 Å². The third-order valence-corrected chi connectivity index (χ3v) is 7.32. The smallest absolute Gasteiger partial charge is 0.153 e. The SMILES string of the molecule is Cc1c(-c2cc3cc(Nc4cc5n(n4)Cc4nccn4CC5)ncc3cc2F)cnc2c1NCC[C@@H]2O. The van der Waals surface area contributed by atoms with Gasteiger partial charge in [0.1, 0.15) is 17.5 Å². The number of pyridine rings is 2. The second-order valence-corrected chi connectivity index (χ2v) is 9.63. The number of nitrogens with zero attached hydrogens (tertiary/aromatic N) is 6. The number of aliphatic hydroxyl groups excluding tert-OH is 1. The quantitative estimate of drug-likeness (QED) is 0.341. The number of benzene rings is 1. The third-order valence-electron chi connectivity index (χ3n) is 7.32. The number of anilines is 3. The Kier molecular flexibility index (Phi) is 4.97. The summed E-state index contributed by atoms with van der Waals surface area (Å²) in [5, 5.41) is 23.2. The highest BCUT2D eigenvalue weighted by Crippen LogP contribution is 2.38. The van der Waals surface area contributed by atoms with Crippen LogP contribution >= 0.6 is 0 Å². The Bertz CT molecular complexity index is 1670. The molecule has 0 bridgehead atoms. The fourth-order valence-electron chi connectivity index (χ4n) is 5.33. The molecule has 0 saturated carbocycles. The summed E-state index contributed by atoms with van der Waals surface area (Å²) in [7, 11) is 0. The first-order valence-corrected chi connectivity index (χ1v) is 12.4. The van der Waals surface area contributed by atoms with E-state index in [1.807, 2.05) is 42.2 Å². The Balaban J connectivity index is 1.22. The minimum atomic E-state index is -0.607. The molecule has 37 heavy (non-hydrogen) atoms. The van der Waals surface area contributed by atoms with E-state index in [1.54, 1.807) is 12.4 Å². The van der Waals surface area contributed by atoms with Gasteiger partial charge in [-0.3, -0.25) is 9.67 Å². The van der Waals surface area contributed by atoms with Crippen molar-refractivity contribution in [1.82, 2.24) is 29.3 Å². The van der Waals surface area contributed by atoms with Crippen molar-refractivity contribution in [3.05, 3.63) is 77.6 Å². The Morgan fingerprint density at radius 1 is 1.05 bits per heavy atom. The normalized spacial score (nSPS) is 16.5. The molecule has 0 radical (unpaired) electrons. The number of aliphatic hydroxyl groups is 1. The van der Waals surface area contributed by atoms with Gasteiger partial charge in [-0.05, 0) is 42.5 Å². The summed E-state index contributed by atoms with van der Waals surface area (Å²) in [5.41, 5.74) is 4.56. The highest BCUT2D eigenvalue weighted by atomic mass is 19.1. The van der Waals surface area contributed by atoms with Gasteiger partial charge < -0.3 is 20.3 Å². The van der Waals surface area contributed by atoms with Crippen LogP contribution in [0.3, 0.4) is 0 Å². The van der Waals surface area contributed by atoms with Crippen LogP contribution in [0.2, 0.25) is 0 Å². The molecule has 0 unspecified atom stereocenters. The molecule has 4 aromatic heterocycles. The number of aromatic nitrogens is 6. The van der Waals surface area contributed by atoms with E-state index < -0.39 is 6.10 Å². The molecule has 9 nitrogen and oxygen atoms in total. The number of nitrogens with one attached hydrogen (secondary N) is 2. The van der Waals surface area contributed by atoms with E-state index in [0.29, 0.717) is 53.4 Å². The van der Waals surface area contributed by atoms with Crippen molar-refractivity contribution in [2.75, 3.05) is 17.2 Å². The van der Waals surface area contributed by atoms with Crippen LogP contribution in [0.1, 0.15) is 35.3 Å². The van der Waals surface area contributed by atoms with Gasteiger partial charge in [0, 0.05) is 72.6 Å². The Morgan fingerprint density at radius 3 is 2.89 bits per heavy atom. The Hall–Kier alpha value is -4.31. The van der Waals surface area contributed by atoms with Gasteiger partial charge >= 0.3 is 0 Å². The van der Waals surface area contributed by atoms with E-state index in [1.165, 1.54) is 6.07 Å². The third kappa shape index (κ3) is 3.72. The minimum absolute atomic E-state index is 0.340. The van der Waals surface area contributed by atoms with Crippen LogP contribution in [0.25, 0.3) is 21.9 Å². The first-order chi connectivity index (χ1) is 18.0. The van der Waals surface area contributed by atoms with Crippen LogP contribution in [0.4, 0.5) is 21.7 Å². The number of hydrogen-bond donors (Lipinski definition) is 3. The lowest BCUT2D eigenvalue weighted by atomic mass is 9.95. The number of halogens is 1. The molecule has 7 rings (SSSR count). The van der Waals surface area contributed by atoms with Crippen molar-refractivity contribution in [3.8, 4) is 11.1 Å². The molecule has 0 amide bonds. The lowest BCUT2D eigenvalue weighted by molar-refractivity contribution is 0.163. The summed E-state index contributed by atoms with van der Waals surface area (Å²) in [5.74, 6) is 1.99. The van der Waals surface area contributed by atoms with Crippen molar-refractivity contribution in [2.45, 2.75) is 39.0 Å². The predicted octanol–water partition coefficient (Wildman–Crippen LogP) is 4.33. The van der Waals surface area contributed by atoms with Crippen LogP contribution in [-0.4, -0.2) is 41.0 Å². The zero-order chi connectivity index (χ0) is 25.1. The zero-order valence-electron chi connectivity index (χ0n) is 20.2. The molecule has 5 aromatic rings. The minimum Gasteiger partial charge on any atom is -0.387 e. The van der Waals surface area contributed by atoms with Crippen LogP contribution in [0, 0.1) is 12.7 Å². The summed E-state index contributed by atoms with van der Waals surface area (Å²) >= 11 is 0. The molecule has 10 heteroatoms. The molecule has 186 valence electrons. The number of aryl methyl sites for hydroxylation is 2. The van der Waals surface area contributed by atoms with Crippen LogP contribution in [-0.2, 0) is 19.5 Å². The largest absolute Gasteiger partial charge is 0.387 e. The summed E-state index contributed by atoms with van der Waals surface area (Å²) in [4.78, 5) is 13.4. The van der Waals surface area contributed by atoms with E-state index >= 15 is 4.39 Å². The van der Waals surface area contributed by atoms with Crippen LogP contribution < -0.4 is 10.6 Å². The topological polar surface area (TPSA) is 106 Å². The average Bonchev–Trinajstić information content (AvgIpc) is 3.46. The fraction of sp³-hybridized carbons (Fsp3) is 0.259. The summed E-state index contributed by atoms with van der Waals surface area (Å²) in [6, 6.07) is 7.27. The molecule has 0 aliphatic carbocycles. The van der Waals surface area contributed by atoms with Crippen molar-refractivity contribution in [3.63, 3.8) is 0 Å². The maximum Gasteiger partial charge on any atom is 0.153 e. The molecule has 2 aliphatic rings.